The van der Waals surface area contributed by atoms with Crippen LogP contribution in [0.2, 0.25) is 0 Å². The van der Waals surface area contributed by atoms with Crippen LogP contribution in [-0.2, 0) is 52.4 Å². The zero-order valence-electron chi connectivity index (χ0n) is 14.7. The van der Waals surface area contributed by atoms with Crippen LogP contribution < -0.4 is 0 Å². The third-order valence-corrected chi connectivity index (χ3v) is 3.14. The Morgan fingerprint density at radius 1 is 0.808 bits per heavy atom. The van der Waals surface area contributed by atoms with Crippen molar-refractivity contribution in [1.82, 2.24) is 0 Å². The van der Waals surface area contributed by atoms with Crippen molar-refractivity contribution in [3.63, 3.8) is 0 Å². The number of rotatable bonds is 7. The van der Waals surface area contributed by atoms with Crippen LogP contribution in [0.1, 0.15) is 27.7 Å². The first-order valence-electron chi connectivity index (χ1n) is 7.55. The number of ether oxygens (including phenoxy) is 6. The molecule has 0 saturated carbocycles. The topological polar surface area (TPSA) is 141 Å². The summed E-state index contributed by atoms with van der Waals surface area (Å²) in [4.78, 5) is 56.1. The van der Waals surface area contributed by atoms with E-state index in [1.165, 1.54) is 0 Å². The van der Waals surface area contributed by atoms with E-state index in [1.54, 1.807) is 0 Å². The van der Waals surface area contributed by atoms with Gasteiger partial charge in [-0.3, -0.25) is 24.0 Å². The summed E-state index contributed by atoms with van der Waals surface area (Å²) in [5.74, 6) is -2.95. The lowest BCUT2D eigenvalue weighted by Gasteiger charge is -2.43. The SMILES string of the molecule is CC(=O)OC[C@H]1O[C@H](OC=O)[C@H](OC(C)=O)[C@@H](OC(C)=O)[C@H]1OC(C)=O. The minimum atomic E-state index is -1.48. The third kappa shape index (κ3) is 6.31. The molecule has 0 aromatic heterocycles. The van der Waals surface area contributed by atoms with Gasteiger partial charge in [-0.15, -0.1) is 0 Å². The second-order valence-electron chi connectivity index (χ2n) is 5.30. The van der Waals surface area contributed by atoms with Gasteiger partial charge in [-0.2, -0.15) is 0 Å². The van der Waals surface area contributed by atoms with Crippen molar-refractivity contribution in [2.75, 3.05) is 6.61 Å². The van der Waals surface area contributed by atoms with Crippen LogP contribution in [0.5, 0.6) is 0 Å². The maximum atomic E-state index is 11.5. The minimum Gasteiger partial charge on any atom is -0.463 e. The number of esters is 4. The Hall–Kier alpha value is -2.69. The Morgan fingerprint density at radius 3 is 1.77 bits per heavy atom. The molecule has 0 aromatic carbocycles. The minimum absolute atomic E-state index is 0.0427. The van der Waals surface area contributed by atoms with Crippen LogP contribution in [-0.4, -0.2) is 67.7 Å². The van der Waals surface area contributed by atoms with Gasteiger partial charge < -0.3 is 28.4 Å². The molecule has 5 atom stereocenters. The third-order valence-electron chi connectivity index (χ3n) is 3.14. The molecule has 0 spiro atoms. The molecule has 0 radical (unpaired) electrons. The highest BCUT2D eigenvalue weighted by atomic mass is 16.7. The zero-order chi connectivity index (χ0) is 19.9. The fourth-order valence-electron chi connectivity index (χ4n) is 2.35. The van der Waals surface area contributed by atoms with E-state index in [1.807, 2.05) is 0 Å². The fraction of sp³-hybridized carbons (Fsp3) is 0.667. The molecule has 1 saturated heterocycles. The van der Waals surface area contributed by atoms with Crippen LogP contribution >= 0.6 is 0 Å². The van der Waals surface area contributed by atoms with E-state index >= 15 is 0 Å². The molecule has 26 heavy (non-hydrogen) atoms. The van der Waals surface area contributed by atoms with Gasteiger partial charge in [-0.05, 0) is 0 Å². The van der Waals surface area contributed by atoms with Crippen LogP contribution in [0.15, 0.2) is 0 Å². The number of hydrogen-bond donors (Lipinski definition) is 0. The summed E-state index contributed by atoms with van der Waals surface area (Å²) in [5.41, 5.74) is 0. The Labute approximate surface area is 148 Å². The summed E-state index contributed by atoms with van der Waals surface area (Å²) in [5, 5.41) is 0. The summed E-state index contributed by atoms with van der Waals surface area (Å²) >= 11 is 0. The zero-order valence-corrected chi connectivity index (χ0v) is 14.7. The molecule has 0 bridgehead atoms. The molecular weight excluding hydrogens is 356 g/mol. The van der Waals surface area contributed by atoms with Gasteiger partial charge in [0.15, 0.2) is 12.2 Å². The van der Waals surface area contributed by atoms with E-state index in [4.69, 9.17) is 28.4 Å². The average Bonchev–Trinajstić information content (AvgIpc) is 2.50. The highest BCUT2D eigenvalue weighted by molar-refractivity contribution is 5.68. The lowest BCUT2D eigenvalue weighted by Crippen LogP contribution is -2.62. The van der Waals surface area contributed by atoms with Crippen molar-refractivity contribution in [2.24, 2.45) is 0 Å². The molecule has 146 valence electrons. The molecule has 11 nitrogen and oxygen atoms in total. The predicted molar refractivity (Wildman–Crippen MR) is 79.1 cm³/mol. The van der Waals surface area contributed by atoms with E-state index in [9.17, 15) is 24.0 Å². The number of carbonyl (C=O) groups is 5. The van der Waals surface area contributed by atoms with E-state index in [2.05, 4.69) is 0 Å². The van der Waals surface area contributed by atoms with Gasteiger partial charge in [0, 0.05) is 27.7 Å². The van der Waals surface area contributed by atoms with E-state index in [-0.39, 0.29) is 6.47 Å². The average molecular weight is 376 g/mol. The lowest BCUT2D eigenvalue weighted by molar-refractivity contribution is -0.297. The van der Waals surface area contributed by atoms with E-state index in [0.717, 1.165) is 27.7 Å². The van der Waals surface area contributed by atoms with Crippen molar-refractivity contribution in [3.8, 4) is 0 Å². The first kappa shape index (κ1) is 21.4. The second-order valence-corrected chi connectivity index (χ2v) is 5.30. The van der Waals surface area contributed by atoms with Crippen molar-refractivity contribution in [3.05, 3.63) is 0 Å². The Bertz CT molecular complexity index is 558. The summed E-state index contributed by atoms with van der Waals surface area (Å²) in [6.45, 7) is 4.06. The van der Waals surface area contributed by atoms with Crippen molar-refractivity contribution in [1.29, 1.82) is 0 Å². The summed E-state index contributed by atoms with van der Waals surface area (Å²) in [6.07, 6.45) is -6.68. The van der Waals surface area contributed by atoms with Crippen molar-refractivity contribution >= 4 is 30.3 Å². The Kier molecular flexibility index (Phi) is 7.97. The maximum Gasteiger partial charge on any atom is 0.303 e. The van der Waals surface area contributed by atoms with Crippen LogP contribution in [0, 0.1) is 0 Å². The normalized spacial score (nSPS) is 27.6. The van der Waals surface area contributed by atoms with Crippen molar-refractivity contribution < 1.29 is 52.4 Å². The largest absolute Gasteiger partial charge is 0.463 e. The molecule has 0 aliphatic carbocycles. The van der Waals surface area contributed by atoms with Gasteiger partial charge in [0.1, 0.15) is 12.7 Å². The molecule has 1 heterocycles. The Balaban J connectivity index is 3.24. The van der Waals surface area contributed by atoms with E-state index < -0.39 is 61.2 Å². The van der Waals surface area contributed by atoms with Crippen LogP contribution in [0.4, 0.5) is 0 Å². The highest BCUT2D eigenvalue weighted by Gasteiger charge is 2.53. The maximum absolute atomic E-state index is 11.5. The van der Waals surface area contributed by atoms with E-state index in [0.29, 0.717) is 0 Å². The first-order valence-corrected chi connectivity index (χ1v) is 7.55. The highest BCUT2D eigenvalue weighted by Crippen LogP contribution is 2.29. The molecule has 1 aliphatic rings. The quantitative estimate of drug-likeness (QED) is 0.314. The first-order chi connectivity index (χ1) is 12.1. The van der Waals surface area contributed by atoms with Gasteiger partial charge in [-0.25, -0.2) is 0 Å². The Morgan fingerprint density at radius 2 is 1.31 bits per heavy atom. The molecule has 1 fully saturated rings. The monoisotopic (exact) mass is 376 g/mol. The molecule has 0 unspecified atom stereocenters. The lowest BCUT2D eigenvalue weighted by atomic mass is 9.98. The standard InChI is InChI=1S/C15H20O11/c1-7(17)21-5-11-12(23-8(2)18)13(24-9(3)19)14(25-10(4)20)15(26-11)22-6-16/h6,11-15H,5H2,1-4H3/t11-,12+,13+,14-,15+/m1/s1. The van der Waals surface area contributed by atoms with Crippen molar-refractivity contribution in [2.45, 2.75) is 58.4 Å². The smallest absolute Gasteiger partial charge is 0.303 e. The molecule has 1 rings (SSSR count). The van der Waals surface area contributed by atoms with Gasteiger partial charge >= 0.3 is 23.9 Å². The summed E-state index contributed by atoms with van der Waals surface area (Å²) in [6, 6.07) is 0. The molecule has 0 amide bonds. The molecule has 0 aromatic rings. The number of hydrogen-bond acceptors (Lipinski definition) is 11. The summed E-state index contributed by atoms with van der Waals surface area (Å²) in [7, 11) is 0. The molecule has 0 N–H and O–H groups in total. The second kappa shape index (κ2) is 9.70. The van der Waals surface area contributed by atoms with Gasteiger partial charge in [-0.1, -0.05) is 0 Å². The molecular formula is C15H20O11. The van der Waals surface area contributed by atoms with Crippen LogP contribution in [0.25, 0.3) is 0 Å². The molecule has 11 heteroatoms. The number of carbonyl (C=O) groups excluding carboxylic acids is 5. The predicted octanol–water partition coefficient (Wildman–Crippen LogP) is -0.757. The fourth-order valence-corrected chi connectivity index (χ4v) is 2.35. The van der Waals surface area contributed by atoms with Gasteiger partial charge in [0.2, 0.25) is 12.4 Å². The molecule has 1 aliphatic heterocycles. The van der Waals surface area contributed by atoms with Crippen LogP contribution in [0.3, 0.4) is 0 Å². The van der Waals surface area contributed by atoms with Gasteiger partial charge in [0.25, 0.3) is 6.47 Å². The summed E-state index contributed by atoms with van der Waals surface area (Å²) < 4.78 is 30.3. The van der Waals surface area contributed by atoms with Gasteiger partial charge in [0.05, 0.1) is 0 Å².